The number of amides is 2. The summed E-state index contributed by atoms with van der Waals surface area (Å²) in [5.41, 5.74) is 6.37. The van der Waals surface area contributed by atoms with Crippen molar-refractivity contribution >= 4 is 39.1 Å². The number of ether oxygens (including phenoxy) is 1. The topological polar surface area (TPSA) is 80.3 Å². The van der Waals surface area contributed by atoms with Crippen LogP contribution < -0.4 is 15.6 Å². The summed E-state index contributed by atoms with van der Waals surface area (Å²) in [6.07, 6.45) is -0.774. The van der Waals surface area contributed by atoms with E-state index in [0.29, 0.717) is 16.3 Å². The van der Waals surface area contributed by atoms with Crippen molar-refractivity contribution in [1.82, 2.24) is 15.8 Å². The van der Waals surface area contributed by atoms with Gasteiger partial charge in [-0.3, -0.25) is 20.4 Å². The first-order valence-corrected chi connectivity index (χ1v) is 10.1. The van der Waals surface area contributed by atoms with E-state index < -0.39 is 17.9 Å². The first-order valence-electron chi connectivity index (χ1n) is 8.49. The predicted octanol–water partition coefficient (Wildman–Crippen LogP) is 4.11. The van der Waals surface area contributed by atoms with Crippen molar-refractivity contribution < 1.29 is 14.3 Å². The van der Waals surface area contributed by atoms with E-state index in [4.69, 9.17) is 4.74 Å². The summed E-state index contributed by atoms with van der Waals surface area (Å²) in [5, 5.41) is 0.751. The van der Waals surface area contributed by atoms with Gasteiger partial charge in [0.1, 0.15) is 15.6 Å². The van der Waals surface area contributed by atoms with E-state index in [1.54, 1.807) is 26.0 Å². The van der Waals surface area contributed by atoms with Crippen LogP contribution in [0.1, 0.15) is 22.3 Å². The van der Waals surface area contributed by atoms with Crippen LogP contribution in [0.4, 0.5) is 0 Å². The van der Waals surface area contributed by atoms with Crippen molar-refractivity contribution in [2.24, 2.45) is 0 Å². The minimum atomic E-state index is -0.774. The number of nitrogens with zero attached hydrogens (tertiary/aromatic N) is 1. The smallest absolute Gasteiger partial charge is 0.281 e. The van der Waals surface area contributed by atoms with Gasteiger partial charge in [-0.05, 0) is 38.1 Å². The molecule has 0 aliphatic heterocycles. The third kappa shape index (κ3) is 4.96. The van der Waals surface area contributed by atoms with E-state index in [-0.39, 0.29) is 0 Å². The minimum Gasteiger partial charge on any atom is -0.481 e. The normalized spacial score (nSPS) is 11.5. The fourth-order valence-electron chi connectivity index (χ4n) is 2.36. The molecule has 3 aromatic rings. The molecule has 0 fully saturated rings. The Balaban J connectivity index is 1.58. The third-order valence-corrected chi connectivity index (χ3v) is 5.55. The van der Waals surface area contributed by atoms with Crippen molar-refractivity contribution in [3.05, 3.63) is 69.6 Å². The lowest BCUT2D eigenvalue weighted by molar-refractivity contribution is -0.128. The molecule has 1 unspecified atom stereocenters. The molecule has 8 heteroatoms. The largest absolute Gasteiger partial charge is 0.481 e. The lowest BCUT2D eigenvalue weighted by Gasteiger charge is -2.15. The van der Waals surface area contributed by atoms with E-state index in [1.807, 2.05) is 42.5 Å². The molecule has 1 atom stereocenters. The van der Waals surface area contributed by atoms with Gasteiger partial charge in [-0.15, -0.1) is 11.3 Å². The van der Waals surface area contributed by atoms with Gasteiger partial charge >= 0.3 is 0 Å². The molecule has 0 radical (unpaired) electrons. The van der Waals surface area contributed by atoms with Crippen LogP contribution in [0.25, 0.3) is 10.6 Å². The summed E-state index contributed by atoms with van der Waals surface area (Å²) in [6, 6.07) is 16.8. The van der Waals surface area contributed by atoms with E-state index in [1.165, 1.54) is 11.3 Å². The van der Waals surface area contributed by atoms with Crippen molar-refractivity contribution in [3.63, 3.8) is 0 Å². The van der Waals surface area contributed by atoms with Crippen LogP contribution in [-0.4, -0.2) is 22.9 Å². The molecule has 0 spiro atoms. The molecule has 0 saturated carbocycles. The number of hydrogen-bond donors (Lipinski definition) is 2. The highest BCUT2D eigenvalue weighted by molar-refractivity contribution is 9.10. The molecule has 0 saturated heterocycles. The zero-order valence-corrected chi connectivity index (χ0v) is 17.6. The zero-order valence-electron chi connectivity index (χ0n) is 15.2. The maximum absolute atomic E-state index is 12.4. The Morgan fingerprint density at radius 3 is 2.43 bits per heavy atom. The van der Waals surface area contributed by atoms with E-state index in [9.17, 15) is 9.59 Å². The summed E-state index contributed by atoms with van der Waals surface area (Å²) in [4.78, 5) is 29.5. The van der Waals surface area contributed by atoms with Crippen LogP contribution in [0, 0.1) is 6.92 Å². The Hall–Kier alpha value is -2.71. The lowest BCUT2D eigenvalue weighted by Crippen LogP contribution is -2.47. The van der Waals surface area contributed by atoms with Crippen LogP contribution in [0.3, 0.4) is 0 Å². The van der Waals surface area contributed by atoms with E-state index in [2.05, 4.69) is 31.8 Å². The monoisotopic (exact) mass is 459 g/mol. The molecule has 6 nitrogen and oxygen atoms in total. The number of benzene rings is 2. The fraction of sp³-hybridized carbons (Fsp3) is 0.150. The highest BCUT2D eigenvalue weighted by Gasteiger charge is 2.19. The summed E-state index contributed by atoms with van der Waals surface area (Å²) >= 11 is 4.61. The Labute approximate surface area is 175 Å². The second-order valence-electron chi connectivity index (χ2n) is 5.96. The Morgan fingerprint density at radius 1 is 1.07 bits per heavy atom. The molecule has 2 amide bonds. The Bertz CT molecular complexity index is 974. The van der Waals surface area contributed by atoms with Crippen LogP contribution >= 0.6 is 27.3 Å². The number of carbonyl (C=O) groups is 2. The first-order chi connectivity index (χ1) is 13.4. The predicted molar refractivity (Wildman–Crippen MR) is 112 cm³/mol. The third-order valence-electron chi connectivity index (χ3n) is 3.82. The number of aryl methyl sites for hydroxylation is 1. The molecule has 0 bridgehead atoms. The van der Waals surface area contributed by atoms with Gasteiger partial charge in [0, 0.05) is 10.0 Å². The van der Waals surface area contributed by atoms with Crippen molar-refractivity contribution in [3.8, 4) is 16.3 Å². The molecule has 0 aliphatic rings. The van der Waals surface area contributed by atoms with Gasteiger partial charge in [-0.2, -0.15) is 0 Å². The van der Waals surface area contributed by atoms with Crippen molar-refractivity contribution in [1.29, 1.82) is 0 Å². The number of thiazole rings is 1. The second kappa shape index (κ2) is 8.99. The molecule has 2 aromatic carbocycles. The Morgan fingerprint density at radius 2 is 1.75 bits per heavy atom. The van der Waals surface area contributed by atoms with E-state index in [0.717, 1.165) is 15.0 Å². The number of hydrogen-bond acceptors (Lipinski definition) is 5. The van der Waals surface area contributed by atoms with Gasteiger partial charge in [0.2, 0.25) is 0 Å². The molecule has 0 aliphatic carbocycles. The number of carbonyl (C=O) groups excluding carboxylic acids is 2. The van der Waals surface area contributed by atoms with Crippen LogP contribution in [0.5, 0.6) is 5.75 Å². The number of rotatable bonds is 5. The molecule has 28 heavy (non-hydrogen) atoms. The SMILES string of the molecule is Cc1nc(-c2ccccc2)sc1C(=O)NNC(=O)C(C)Oc1ccc(Br)cc1. The highest BCUT2D eigenvalue weighted by Crippen LogP contribution is 2.27. The minimum absolute atomic E-state index is 0.415. The molecule has 144 valence electrons. The van der Waals surface area contributed by atoms with Gasteiger partial charge in [0.05, 0.1) is 5.69 Å². The quantitative estimate of drug-likeness (QED) is 0.562. The van der Waals surface area contributed by atoms with Gasteiger partial charge < -0.3 is 4.74 Å². The standard InChI is InChI=1S/C20H18BrN3O3S/c1-12-17(28-20(22-12)14-6-4-3-5-7-14)19(26)24-23-18(25)13(2)27-16-10-8-15(21)9-11-16/h3-11,13H,1-2H3,(H,23,25)(H,24,26). The number of aromatic nitrogens is 1. The molecule has 2 N–H and O–H groups in total. The molecule has 3 rings (SSSR count). The Kier molecular flexibility index (Phi) is 6.43. The summed E-state index contributed by atoms with van der Waals surface area (Å²) in [5.74, 6) is -0.314. The van der Waals surface area contributed by atoms with Gasteiger partial charge in [-0.25, -0.2) is 4.98 Å². The first kappa shape index (κ1) is 20.0. The average molecular weight is 460 g/mol. The van der Waals surface area contributed by atoms with Gasteiger partial charge in [0.25, 0.3) is 11.8 Å². The molecule has 1 aromatic heterocycles. The second-order valence-corrected chi connectivity index (χ2v) is 7.87. The zero-order chi connectivity index (χ0) is 20.1. The van der Waals surface area contributed by atoms with Gasteiger partial charge in [0.15, 0.2) is 6.10 Å². The van der Waals surface area contributed by atoms with Crippen molar-refractivity contribution in [2.45, 2.75) is 20.0 Å². The molecular weight excluding hydrogens is 442 g/mol. The van der Waals surface area contributed by atoms with Crippen LogP contribution in [-0.2, 0) is 4.79 Å². The van der Waals surface area contributed by atoms with Gasteiger partial charge in [-0.1, -0.05) is 46.3 Å². The molecule has 1 heterocycles. The van der Waals surface area contributed by atoms with E-state index >= 15 is 0 Å². The average Bonchev–Trinajstić information content (AvgIpc) is 3.10. The summed E-state index contributed by atoms with van der Waals surface area (Å²) in [6.45, 7) is 3.37. The molecular formula is C20H18BrN3O3S. The summed E-state index contributed by atoms with van der Waals surface area (Å²) < 4.78 is 6.48. The number of hydrazine groups is 1. The number of halogens is 1. The maximum Gasteiger partial charge on any atom is 0.281 e. The summed E-state index contributed by atoms with van der Waals surface area (Å²) in [7, 11) is 0. The highest BCUT2D eigenvalue weighted by atomic mass is 79.9. The lowest BCUT2D eigenvalue weighted by atomic mass is 10.2. The van der Waals surface area contributed by atoms with Crippen LogP contribution in [0.2, 0.25) is 0 Å². The van der Waals surface area contributed by atoms with Crippen molar-refractivity contribution in [2.75, 3.05) is 0 Å². The fourth-order valence-corrected chi connectivity index (χ4v) is 3.59. The number of nitrogens with one attached hydrogen (secondary N) is 2. The maximum atomic E-state index is 12.4. The van der Waals surface area contributed by atoms with Crippen LogP contribution in [0.15, 0.2) is 59.1 Å².